The van der Waals surface area contributed by atoms with Gasteiger partial charge in [0.1, 0.15) is 0 Å². The van der Waals surface area contributed by atoms with E-state index in [2.05, 4.69) is 33.9 Å². The average molecular weight is 769 g/mol. The third-order valence-corrected chi connectivity index (χ3v) is 13.6. The molecular formula is C40H64O10S2. The molecule has 0 unspecified atom stereocenters. The summed E-state index contributed by atoms with van der Waals surface area (Å²) in [5.41, 5.74) is 2.60. The van der Waals surface area contributed by atoms with E-state index in [-0.39, 0.29) is 54.5 Å². The third-order valence-electron chi connectivity index (χ3n) is 11.2. The Labute approximate surface area is 313 Å². The second-order valence-corrected chi connectivity index (χ2v) is 19.5. The fraction of sp³-hybridized carbons (Fsp3) is 0.750. The van der Waals surface area contributed by atoms with Crippen molar-refractivity contribution >= 4 is 20.0 Å². The van der Waals surface area contributed by atoms with Crippen molar-refractivity contribution in [2.75, 3.05) is 25.2 Å². The lowest BCUT2D eigenvalue weighted by Gasteiger charge is -2.26. The molecule has 1 aromatic rings. The fourth-order valence-electron chi connectivity index (χ4n) is 7.91. The van der Waals surface area contributed by atoms with Crippen molar-refractivity contribution in [1.29, 1.82) is 0 Å². The number of hydrogen-bond donors (Lipinski definition) is 1. The number of sulfone groups is 1. The van der Waals surface area contributed by atoms with Crippen LogP contribution in [0.4, 0.5) is 0 Å². The Bertz CT molecular complexity index is 1520. The Morgan fingerprint density at radius 3 is 2.29 bits per heavy atom. The molecule has 3 aliphatic heterocycles. The van der Waals surface area contributed by atoms with Crippen LogP contribution in [0.5, 0.6) is 0 Å². The van der Waals surface area contributed by atoms with E-state index in [1.54, 1.807) is 12.1 Å². The molecule has 0 radical (unpaired) electrons. The first-order valence-electron chi connectivity index (χ1n) is 19.2. The van der Waals surface area contributed by atoms with Crippen LogP contribution in [-0.4, -0.2) is 90.1 Å². The molecule has 1 N–H and O–H groups in total. The van der Waals surface area contributed by atoms with Crippen molar-refractivity contribution < 1.29 is 45.1 Å². The van der Waals surface area contributed by atoms with Crippen LogP contribution >= 0.6 is 0 Å². The molecule has 12 heteroatoms. The zero-order valence-electron chi connectivity index (χ0n) is 32.2. The van der Waals surface area contributed by atoms with Crippen molar-refractivity contribution in [3.63, 3.8) is 0 Å². The average Bonchev–Trinajstić information content (AvgIpc) is 3.78. The van der Waals surface area contributed by atoms with Crippen LogP contribution < -0.4 is 0 Å². The van der Waals surface area contributed by atoms with E-state index >= 15 is 0 Å². The van der Waals surface area contributed by atoms with E-state index in [0.29, 0.717) is 55.3 Å². The summed E-state index contributed by atoms with van der Waals surface area (Å²) in [5.74, 6) is 0.0394. The topological polar surface area (TPSA) is 135 Å². The van der Waals surface area contributed by atoms with E-state index in [9.17, 15) is 21.9 Å². The van der Waals surface area contributed by atoms with Gasteiger partial charge in [0.2, 0.25) is 0 Å². The van der Waals surface area contributed by atoms with Crippen molar-refractivity contribution in [3.05, 3.63) is 54.1 Å². The molecule has 0 bridgehead atoms. The summed E-state index contributed by atoms with van der Waals surface area (Å²) in [6.07, 6.45) is 5.06. The minimum atomic E-state index is -3.71. The molecule has 10 nitrogen and oxygen atoms in total. The maximum absolute atomic E-state index is 13.6. The minimum absolute atomic E-state index is 0.00180. The SMILES string of the molecule is C=C(C[C@H](C)C[C@@H](CC[C@@H]1O[C@@H](CCC2OCCO2)CC1=C)OS(C)(=O)=O)[C@H](O)C[C@@H]1O[C@H](C[C@H](C)CC)[C@H](C)[C@H]1CS(=O)(=O)c1ccc(C)cc1. The normalized spacial score (nSPS) is 28.2. The molecular weight excluding hydrogens is 705 g/mol. The molecule has 4 rings (SSSR count). The summed E-state index contributed by atoms with van der Waals surface area (Å²) < 4.78 is 81.1. The molecule has 3 heterocycles. The van der Waals surface area contributed by atoms with Gasteiger partial charge in [-0.3, -0.25) is 4.18 Å². The zero-order chi connectivity index (χ0) is 38.2. The first-order chi connectivity index (χ1) is 24.4. The monoisotopic (exact) mass is 768 g/mol. The number of aliphatic hydroxyl groups is 1. The second kappa shape index (κ2) is 19.3. The van der Waals surface area contributed by atoms with Gasteiger partial charge < -0.3 is 24.1 Å². The van der Waals surface area contributed by atoms with Crippen molar-refractivity contribution in [1.82, 2.24) is 0 Å². The van der Waals surface area contributed by atoms with E-state index in [4.69, 9.17) is 23.1 Å². The Hall–Kier alpha value is -1.64. The minimum Gasteiger partial charge on any atom is -0.389 e. The van der Waals surface area contributed by atoms with Gasteiger partial charge in [-0.1, -0.05) is 65.0 Å². The summed E-state index contributed by atoms with van der Waals surface area (Å²) in [6.45, 7) is 20.0. The Morgan fingerprint density at radius 1 is 0.981 bits per heavy atom. The molecule has 296 valence electrons. The Kier molecular flexibility index (Phi) is 16.0. The number of benzene rings is 1. The second-order valence-electron chi connectivity index (χ2n) is 15.9. The van der Waals surface area contributed by atoms with Crippen LogP contribution in [0.2, 0.25) is 0 Å². The van der Waals surface area contributed by atoms with Gasteiger partial charge in [-0.05, 0) is 92.9 Å². The maximum atomic E-state index is 13.6. The summed E-state index contributed by atoms with van der Waals surface area (Å²) in [4.78, 5) is 0.298. The van der Waals surface area contributed by atoms with Crippen LogP contribution in [0.15, 0.2) is 53.5 Å². The largest absolute Gasteiger partial charge is 0.389 e. The highest BCUT2D eigenvalue weighted by atomic mass is 32.2. The maximum Gasteiger partial charge on any atom is 0.264 e. The van der Waals surface area contributed by atoms with Crippen LogP contribution in [0.1, 0.15) is 97.5 Å². The lowest BCUT2D eigenvalue weighted by Crippen LogP contribution is -2.31. The van der Waals surface area contributed by atoms with Crippen molar-refractivity contribution in [2.24, 2.45) is 23.7 Å². The zero-order valence-corrected chi connectivity index (χ0v) is 33.8. The predicted octanol–water partition coefficient (Wildman–Crippen LogP) is 6.94. The van der Waals surface area contributed by atoms with Crippen LogP contribution in [0.3, 0.4) is 0 Å². The van der Waals surface area contributed by atoms with Crippen LogP contribution in [0.25, 0.3) is 0 Å². The number of rotatable bonds is 21. The summed E-state index contributed by atoms with van der Waals surface area (Å²) in [7, 11) is -7.29. The third kappa shape index (κ3) is 13.0. The van der Waals surface area contributed by atoms with Gasteiger partial charge in [0.05, 0.1) is 66.7 Å². The van der Waals surface area contributed by atoms with Gasteiger partial charge in [-0.25, -0.2) is 8.42 Å². The molecule has 10 atom stereocenters. The van der Waals surface area contributed by atoms with Crippen LogP contribution in [-0.2, 0) is 43.1 Å². The van der Waals surface area contributed by atoms with Gasteiger partial charge in [0.15, 0.2) is 16.1 Å². The number of aryl methyl sites for hydroxylation is 1. The molecule has 0 aromatic heterocycles. The van der Waals surface area contributed by atoms with E-state index < -0.39 is 38.3 Å². The highest BCUT2D eigenvalue weighted by Gasteiger charge is 2.45. The molecule has 52 heavy (non-hydrogen) atoms. The molecule has 0 aliphatic carbocycles. The van der Waals surface area contributed by atoms with Gasteiger partial charge in [-0.15, -0.1) is 0 Å². The van der Waals surface area contributed by atoms with Crippen molar-refractivity contribution in [3.8, 4) is 0 Å². The van der Waals surface area contributed by atoms with E-state index in [1.165, 1.54) is 0 Å². The van der Waals surface area contributed by atoms with Gasteiger partial charge in [0.25, 0.3) is 10.1 Å². The molecule has 3 fully saturated rings. The van der Waals surface area contributed by atoms with Gasteiger partial charge in [0, 0.05) is 18.8 Å². The molecule has 3 aliphatic rings. The molecule has 3 saturated heterocycles. The standard InChI is InChI=1S/C40H64O10S2/c1-9-26(2)22-38-31(7)35(25-52(44,45)34-14-10-27(3)11-15-34)39(49-38)24-36(41)29(5)20-28(4)21-33(50-51(8,42)43)12-16-37-30(6)23-32(48-37)13-17-40-46-18-19-47-40/h10-11,14-15,26,28,31-33,35-41H,5-6,9,12-13,16-25H2,1-4,7-8H3/t26-,28+,31-,32+,33-,35-,36-,37+,38-,39+/m1/s1. The Morgan fingerprint density at radius 2 is 1.65 bits per heavy atom. The smallest absolute Gasteiger partial charge is 0.264 e. The number of ether oxygens (including phenoxy) is 4. The quantitative estimate of drug-likeness (QED) is 0.104. The van der Waals surface area contributed by atoms with Gasteiger partial charge in [-0.2, -0.15) is 8.42 Å². The summed E-state index contributed by atoms with van der Waals surface area (Å²) in [5, 5.41) is 11.4. The highest BCUT2D eigenvalue weighted by molar-refractivity contribution is 7.91. The van der Waals surface area contributed by atoms with E-state index in [1.807, 2.05) is 26.0 Å². The highest BCUT2D eigenvalue weighted by Crippen LogP contribution is 2.41. The van der Waals surface area contributed by atoms with E-state index in [0.717, 1.165) is 49.5 Å². The van der Waals surface area contributed by atoms with Gasteiger partial charge >= 0.3 is 0 Å². The Balaban J connectivity index is 1.34. The lowest BCUT2D eigenvalue weighted by atomic mass is 9.83. The summed E-state index contributed by atoms with van der Waals surface area (Å²) in [6, 6.07) is 6.94. The lowest BCUT2D eigenvalue weighted by molar-refractivity contribution is -0.0588. The first kappa shape index (κ1) is 43.1. The number of aliphatic hydroxyl groups excluding tert-OH is 1. The summed E-state index contributed by atoms with van der Waals surface area (Å²) >= 11 is 0. The van der Waals surface area contributed by atoms with Crippen LogP contribution in [0, 0.1) is 30.6 Å². The molecule has 0 spiro atoms. The van der Waals surface area contributed by atoms with Crippen molar-refractivity contribution in [2.45, 2.75) is 147 Å². The molecule has 1 aromatic carbocycles. The number of hydrogen-bond acceptors (Lipinski definition) is 10. The molecule has 0 amide bonds. The molecule has 0 saturated carbocycles. The predicted molar refractivity (Wildman–Crippen MR) is 203 cm³/mol. The first-order valence-corrected chi connectivity index (χ1v) is 22.7. The fourth-order valence-corrected chi connectivity index (χ4v) is 10.3.